The zero-order valence-corrected chi connectivity index (χ0v) is 12.8. The summed E-state index contributed by atoms with van der Waals surface area (Å²) in [6.45, 7) is 1.83. The maximum atomic E-state index is 11.7. The number of pyridine rings is 1. The minimum absolute atomic E-state index is 0.0723. The van der Waals surface area contributed by atoms with Crippen molar-refractivity contribution in [1.82, 2.24) is 9.47 Å². The third-order valence-electron chi connectivity index (χ3n) is 3.60. The zero-order valence-electron chi connectivity index (χ0n) is 12.8. The third-order valence-corrected chi connectivity index (χ3v) is 3.60. The van der Waals surface area contributed by atoms with E-state index < -0.39 is 0 Å². The van der Waals surface area contributed by atoms with Crippen LogP contribution < -0.4 is 5.43 Å². The van der Waals surface area contributed by atoms with Crippen LogP contribution in [0.2, 0.25) is 0 Å². The second kappa shape index (κ2) is 7.77. The molecule has 2 N–H and O–H groups in total. The fourth-order valence-electron chi connectivity index (χ4n) is 2.37. The molecule has 0 fully saturated rings. The van der Waals surface area contributed by atoms with Gasteiger partial charge in [0, 0.05) is 31.4 Å². The Hall–Kier alpha value is -2.11. The van der Waals surface area contributed by atoms with Gasteiger partial charge in [-0.15, -0.1) is 0 Å². The van der Waals surface area contributed by atoms with Crippen LogP contribution in [0, 0.1) is 0 Å². The molecular weight excluding hydrogens is 280 g/mol. The number of hydrogen-bond acceptors (Lipinski definition) is 4. The van der Waals surface area contributed by atoms with Gasteiger partial charge in [0.25, 0.3) is 0 Å². The molecule has 0 radical (unpaired) electrons. The predicted octanol–water partition coefficient (Wildman–Crippen LogP) is 1.22. The summed E-state index contributed by atoms with van der Waals surface area (Å²) in [5.41, 5.74) is 1.66. The predicted molar refractivity (Wildman–Crippen MR) is 85.9 cm³/mol. The minimum Gasteiger partial charge on any atom is -0.503 e. The molecule has 2 aromatic rings. The van der Waals surface area contributed by atoms with Crippen molar-refractivity contribution in [2.45, 2.75) is 19.5 Å². The molecule has 5 nitrogen and oxygen atoms in total. The molecule has 1 heterocycles. The van der Waals surface area contributed by atoms with Crippen LogP contribution in [0.4, 0.5) is 0 Å². The zero-order chi connectivity index (χ0) is 15.9. The molecule has 1 aromatic carbocycles. The van der Waals surface area contributed by atoms with Crippen LogP contribution >= 0.6 is 0 Å². The van der Waals surface area contributed by atoms with E-state index in [0.717, 1.165) is 12.1 Å². The Labute approximate surface area is 130 Å². The molecule has 2 rings (SSSR count). The third kappa shape index (κ3) is 4.44. The fraction of sp³-hybridized carbons (Fsp3) is 0.353. The van der Waals surface area contributed by atoms with Crippen LogP contribution in [-0.2, 0) is 19.5 Å². The minimum atomic E-state index is -0.372. The van der Waals surface area contributed by atoms with Gasteiger partial charge >= 0.3 is 0 Å². The van der Waals surface area contributed by atoms with Crippen molar-refractivity contribution in [2.75, 3.05) is 20.2 Å². The maximum absolute atomic E-state index is 11.7. The number of benzene rings is 1. The first kappa shape index (κ1) is 16.3. The summed E-state index contributed by atoms with van der Waals surface area (Å²) in [4.78, 5) is 13.6. The number of nitrogens with zero attached hydrogens (tertiary/aromatic N) is 2. The van der Waals surface area contributed by atoms with Gasteiger partial charge < -0.3 is 14.8 Å². The lowest BCUT2D eigenvalue weighted by atomic mass is 10.1. The lowest BCUT2D eigenvalue weighted by molar-refractivity contribution is 0.214. The van der Waals surface area contributed by atoms with Gasteiger partial charge in [-0.3, -0.25) is 9.69 Å². The van der Waals surface area contributed by atoms with E-state index in [2.05, 4.69) is 12.1 Å². The highest BCUT2D eigenvalue weighted by Gasteiger charge is 2.08. The van der Waals surface area contributed by atoms with E-state index in [0.29, 0.717) is 19.6 Å². The van der Waals surface area contributed by atoms with Crippen molar-refractivity contribution < 1.29 is 10.2 Å². The van der Waals surface area contributed by atoms with Gasteiger partial charge in [0.05, 0.1) is 12.8 Å². The first-order valence-electron chi connectivity index (χ1n) is 7.36. The Kier molecular flexibility index (Phi) is 5.75. The molecule has 0 saturated carbocycles. The molecule has 22 heavy (non-hydrogen) atoms. The average Bonchev–Trinajstić information content (AvgIpc) is 2.50. The van der Waals surface area contributed by atoms with Gasteiger partial charge in [-0.2, -0.15) is 0 Å². The topological polar surface area (TPSA) is 65.7 Å². The molecule has 0 bridgehead atoms. The number of aliphatic hydroxyl groups is 1. The smallest absolute Gasteiger partial charge is 0.223 e. The standard InChI is InChI=1S/C17H22N2O3/c1-18(9-10-20)12-15-11-16(21)17(22)13-19(15)8-7-14-5-3-2-4-6-14/h2-6,11,13,20,22H,7-10,12H2,1H3. The van der Waals surface area contributed by atoms with Gasteiger partial charge in [0.15, 0.2) is 5.75 Å². The Bertz CT molecular complexity index is 653. The Morgan fingerprint density at radius 3 is 2.64 bits per heavy atom. The van der Waals surface area contributed by atoms with Gasteiger partial charge in [-0.05, 0) is 19.0 Å². The van der Waals surface area contributed by atoms with E-state index in [1.165, 1.54) is 17.8 Å². The van der Waals surface area contributed by atoms with E-state index in [-0.39, 0.29) is 17.8 Å². The van der Waals surface area contributed by atoms with Crippen LogP contribution in [0.3, 0.4) is 0 Å². The first-order chi connectivity index (χ1) is 10.6. The van der Waals surface area contributed by atoms with Gasteiger partial charge in [-0.25, -0.2) is 0 Å². The Morgan fingerprint density at radius 2 is 1.95 bits per heavy atom. The summed E-state index contributed by atoms with van der Waals surface area (Å²) in [5, 5.41) is 18.7. The Morgan fingerprint density at radius 1 is 1.23 bits per heavy atom. The molecule has 0 aliphatic carbocycles. The highest BCUT2D eigenvalue weighted by molar-refractivity contribution is 5.21. The number of likely N-dealkylation sites (N-methyl/N-ethyl adjacent to an activating group) is 1. The van der Waals surface area contributed by atoms with Gasteiger partial charge in [0.1, 0.15) is 0 Å². The van der Waals surface area contributed by atoms with Gasteiger partial charge in [0.2, 0.25) is 5.43 Å². The summed E-state index contributed by atoms with van der Waals surface area (Å²) in [5.74, 6) is -0.235. The second-order valence-corrected chi connectivity index (χ2v) is 5.40. The van der Waals surface area contributed by atoms with Crippen molar-refractivity contribution in [2.24, 2.45) is 0 Å². The monoisotopic (exact) mass is 302 g/mol. The van der Waals surface area contributed by atoms with Crippen LogP contribution in [0.1, 0.15) is 11.3 Å². The summed E-state index contributed by atoms with van der Waals surface area (Å²) < 4.78 is 1.90. The lowest BCUT2D eigenvalue weighted by Crippen LogP contribution is -2.25. The van der Waals surface area contributed by atoms with E-state index in [1.807, 2.05) is 34.7 Å². The molecule has 0 saturated heterocycles. The average molecular weight is 302 g/mol. The van der Waals surface area contributed by atoms with E-state index >= 15 is 0 Å². The van der Waals surface area contributed by atoms with Crippen molar-refractivity contribution in [3.05, 3.63) is 64.1 Å². The van der Waals surface area contributed by atoms with E-state index in [4.69, 9.17) is 5.11 Å². The van der Waals surface area contributed by atoms with E-state index in [1.54, 1.807) is 0 Å². The molecule has 0 unspecified atom stereocenters. The van der Waals surface area contributed by atoms with E-state index in [9.17, 15) is 9.90 Å². The molecule has 0 aliphatic rings. The van der Waals surface area contributed by atoms with Crippen molar-refractivity contribution in [1.29, 1.82) is 0 Å². The molecule has 0 aliphatic heterocycles. The molecule has 5 heteroatoms. The normalized spacial score (nSPS) is 11.0. The van der Waals surface area contributed by atoms with Crippen molar-refractivity contribution >= 4 is 0 Å². The summed E-state index contributed by atoms with van der Waals surface area (Å²) in [6.07, 6.45) is 2.31. The number of aromatic hydroxyl groups is 1. The molecule has 0 amide bonds. The van der Waals surface area contributed by atoms with Crippen LogP contribution in [0.5, 0.6) is 5.75 Å². The maximum Gasteiger partial charge on any atom is 0.223 e. The lowest BCUT2D eigenvalue weighted by Gasteiger charge is -2.19. The summed E-state index contributed by atoms with van der Waals surface area (Å²) >= 11 is 0. The molecule has 0 spiro atoms. The molecule has 0 atom stereocenters. The second-order valence-electron chi connectivity index (χ2n) is 5.40. The van der Waals surface area contributed by atoms with Crippen LogP contribution in [0.25, 0.3) is 0 Å². The Balaban J connectivity index is 2.17. The molecular formula is C17H22N2O3. The number of aromatic nitrogens is 1. The number of aliphatic hydroxyl groups excluding tert-OH is 1. The first-order valence-corrected chi connectivity index (χ1v) is 7.36. The number of aryl methyl sites for hydroxylation is 2. The SMILES string of the molecule is CN(CCO)Cc1cc(=O)c(O)cn1CCc1ccccc1. The van der Waals surface area contributed by atoms with Crippen LogP contribution in [0.15, 0.2) is 47.4 Å². The highest BCUT2D eigenvalue weighted by Crippen LogP contribution is 2.10. The number of hydrogen-bond donors (Lipinski definition) is 2. The number of rotatable bonds is 7. The quantitative estimate of drug-likeness (QED) is 0.807. The largest absolute Gasteiger partial charge is 0.503 e. The highest BCUT2D eigenvalue weighted by atomic mass is 16.3. The summed E-state index contributed by atoms with van der Waals surface area (Å²) in [6, 6.07) is 11.5. The van der Waals surface area contributed by atoms with Crippen molar-refractivity contribution in [3.63, 3.8) is 0 Å². The molecule has 1 aromatic heterocycles. The molecule has 118 valence electrons. The summed E-state index contributed by atoms with van der Waals surface area (Å²) in [7, 11) is 1.88. The fourth-order valence-corrected chi connectivity index (χ4v) is 2.37. The van der Waals surface area contributed by atoms with Gasteiger partial charge in [-0.1, -0.05) is 30.3 Å². The van der Waals surface area contributed by atoms with Crippen molar-refractivity contribution in [3.8, 4) is 5.75 Å². The van der Waals surface area contributed by atoms with Crippen LogP contribution in [-0.4, -0.2) is 39.9 Å².